The summed E-state index contributed by atoms with van der Waals surface area (Å²) in [7, 11) is 0. The average Bonchev–Trinajstić information content (AvgIpc) is 3.32. The molecule has 0 saturated carbocycles. The Kier molecular flexibility index (Phi) is 4.29. The molecule has 1 aromatic carbocycles. The Balaban J connectivity index is 1.40. The van der Waals surface area contributed by atoms with Crippen molar-refractivity contribution >= 4 is 17.0 Å². The van der Waals surface area contributed by atoms with Crippen molar-refractivity contribution < 1.29 is 14.3 Å². The number of fused-ring (bicyclic) bond motifs is 3. The zero-order valence-electron chi connectivity index (χ0n) is 15.1. The zero-order valence-corrected chi connectivity index (χ0v) is 15.1. The Morgan fingerprint density at radius 1 is 1.19 bits per heavy atom. The van der Waals surface area contributed by atoms with Gasteiger partial charge in [0.05, 0.1) is 10.9 Å². The van der Waals surface area contributed by atoms with Crippen LogP contribution in [0.2, 0.25) is 0 Å². The van der Waals surface area contributed by atoms with Crippen LogP contribution < -0.4 is 20.1 Å². The molecule has 3 saturated heterocycles. The van der Waals surface area contributed by atoms with Gasteiger partial charge >= 0.3 is 12.1 Å². The maximum absolute atomic E-state index is 12.7. The van der Waals surface area contributed by atoms with Gasteiger partial charge in [0.1, 0.15) is 6.10 Å². The predicted molar refractivity (Wildman–Crippen MR) is 99.0 cm³/mol. The third-order valence-corrected chi connectivity index (χ3v) is 5.58. The molecule has 2 atom stereocenters. The van der Waals surface area contributed by atoms with Gasteiger partial charge in [-0.1, -0.05) is 12.1 Å². The van der Waals surface area contributed by atoms with E-state index in [-0.39, 0.29) is 30.1 Å². The van der Waals surface area contributed by atoms with Crippen molar-refractivity contribution in [3.8, 4) is 11.9 Å². The molecule has 0 radical (unpaired) electrons. The Morgan fingerprint density at radius 2 is 2.04 bits per heavy atom. The van der Waals surface area contributed by atoms with Gasteiger partial charge in [-0.3, -0.25) is 0 Å². The number of hydrogen-bond acceptors (Lipinski definition) is 7. The highest BCUT2D eigenvalue weighted by Crippen LogP contribution is 2.28. The summed E-state index contributed by atoms with van der Waals surface area (Å²) >= 11 is 0. The fourth-order valence-electron chi connectivity index (χ4n) is 4.15. The number of hydrogen-bond donors (Lipinski definition) is 2. The summed E-state index contributed by atoms with van der Waals surface area (Å²) in [6.07, 6.45) is 2.55. The van der Waals surface area contributed by atoms with Gasteiger partial charge in [-0.2, -0.15) is 9.97 Å². The molecule has 2 N–H and O–H groups in total. The fourth-order valence-corrected chi connectivity index (χ4v) is 4.15. The van der Waals surface area contributed by atoms with Crippen LogP contribution in [-0.4, -0.2) is 65.3 Å². The van der Waals surface area contributed by atoms with Crippen LogP contribution in [0.4, 0.5) is 4.79 Å². The first-order valence-corrected chi connectivity index (χ1v) is 9.62. The van der Waals surface area contributed by atoms with E-state index >= 15 is 0 Å². The number of ether oxygens (including phenoxy) is 2. The molecule has 1 aromatic heterocycles. The van der Waals surface area contributed by atoms with Crippen LogP contribution in [0.1, 0.15) is 19.3 Å². The standard InChI is InChI=1S/C19H23N5O3/c25-19(24-11-12-9-13(24)10-21-12)27-17-15-3-1-2-4-16(15)22-18(23-17)26-14-5-7-20-8-6-14/h1-4,12-14,20-21H,5-11H2. The van der Waals surface area contributed by atoms with Crippen LogP contribution in [0.15, 0.2) is 24.3 Å². The number of nitrogens with zero attached hydrogens (tertiary/aromatic N) is 3. The van der Waals surface area contributed by atoms with E-state index in [0.717, 1.165) is 38.9 Å². The highest BCUT2D eigenvalue weighted by atomic mass is 16.6. The zero-order chi connectivity index (χ0) is 18.2. The Labute approximate surface area is 157 Å². The van der Waals surface area contributed by atoms with E-state index in [1.54, 1.807) is 4.90 Å². The maximum Gasteiger partial charge on any atom is 0.416 e. The van der Waals surface area contributed by atoms with E-state index in [9.17, 15) is 4.79 Å². The van der Waals surface area contributed by atoms with Gasteiger partial charge in [0.25, 0.3) is 0 Å². The summed E-state index contributed by atoms with van der Waals surface area (Å²) in [5.74, 6) is 0.269. The molecule has 5 rings (SSSR count). The summed E-state index contributed by atoms with van der Waals surface area (Å²) in [6, 6.07) is 8.39. The topological polar surface area (TPSA) is 88.6 Å². The lowest BCUT2D eigenvalue weighted by molar-refractivity contribution is 0.135. The number of piperazine rings is 1. The number of benzene rings is 1. The molecule has 3 aliphatic heterocycles. The van der Waals surface area contributed by atoms with Crippen molar-refractivity contribution in [1.82, 2.24) is 25.5 Å². The van der Waals surface area contributed by atoms with Crippen molar-refractivity contribution in [1.29, 1.82) is 0 Å². The molecule has 0 aliphatic carbocycles. The number of aromatic nitrogens is 2. The van der Waals surface area contributed by atoms with Gasteiger partial charge in [0.2, 0.25) is 5.88 Å². The summed E-state index contributed by atoms with van der Waals surface area (Å²) in [5.41, 5.74) is 0.712. The van der Waals surface area contributed by atoms with Crippen LogP contribution in [-0.2, 0) is 0 Å². The van der Waals surface area contributed by atoms with Crippen LogP contribution in [0.3, 0.4) is 0 Å². The van der Waals surface area contributed by atoms with Gasteiger partial charge in [-0.05, 0) is 44.5 Å². The molecule has 1 amide bonds. The SMILES string of the molecule is O=C(Oc1nc(OC2CCNCC2)nc2ccccc12)N1CC2CC1CN2. The van der Waals surface area contributed by atoms with Crippen molar-refractivity contribution in [3.63, 3.8) is 0 Å². The largest absolute Gasteiger partial charge is 0.460 e. The number of likely N-dealkylation sites (tertiary alicyclic amines) is 1. The van der Waals surface area contributed by atoms with Crippen molar-refractivity contribution in [3.05, 3.63) is 24.3 Å². The first-order chi connectivity index (χ1) is 13.3. The molecule has 2 bridgehead atoms. The summed E-state index contributed by atoms with van der Waals surface area (Å²) in [5, 5.41) is 7.41. The fraction of sp³-hybridized carbons (Fsp3) is 0.526. The van der Waals surface area contributed by atoms with Crippen LogP contribution in [0.5, 0.6) is 11.9 Å². The molecule has 3 aliphatic rings. The minimum absolute atomic E-state index is 0.0800. The van der Waals surface area contributed by atoms with Gasteiger partial charge in [-0.15, -0.1) is 0 Å². The second kappa shape index (κ2) is 6.94. The molecule has 2 unspecified atom stereocenters. The highest BCUT2D eigenvalue weighted by Gasteiger charge is 2.41. The number of amides is 1. The lowest BCUT2D eigenvalue weighted by Crippen LogP contribution is -2.47. The molecule has 4 heterocycles. The van der Waals surface area contributed by atoms with Gasteiger partial charge < -0.3 is 25.0 Å². The average molecular weight is 369 g/mol. The maximum atomic E-state index is 12.7. The number of carbonyl (C=O) groups excluding carboxylic acids is 1. The molecule has 8 nitrogen and oxygen atoms in total. The van der Waals surface area contributed by atoms with E-state index < -0.39 is 0 Å². The Hall–Kier alpha value is -2.45. The van der Waals surface area contributed by atoms with Crippen molar-refractivity contribution in [2.24, 2.45) is 0 Å². The highest BCUT2D eigenvalue weighted by molar-refractivity contribution is 5.86. The van der Waals surface area contributed by atoms with Crippen molar-refractivity contribution in [2.75, 3.05) is 26.2 Å². The minimum atomic E-state index is -0.347. The summed E-state index contributed by atoms with van der Waals surface area (Å²) in [6.45, 7) is 3.36. The van der Waals surface area contributed by atoms with Gasteiger partial charge in [0.15, 0.2) is 0 Å². The van der Waals surface area contributed by atoms with Gasteiger partial charge in [0, 0.05) is 25.2 Å². The van der Waals surface area contributed by atoms with E-state index in [1.807, 2.05) is 24.3 Å². The summed E-state index contributed by atoms with van der Waals surface area (Å²) in [4.78, 5) is 23.4. The summed E-state index contributed by atoms with van der Waals surface area (Å²) < 4.78 is 11.7. The number of para-hydroxylation sites is 1. The monoisotopic (exact) mass is 369 g/mol. The second-order valence-electron chi connectivity index (χ2n) is 7.41. The quantitative estimate of drug-likeness (QED) is 0.843. The van der Waals surface area contributed by atoms with E-state index in [1.165, 1.54) is 0 Å². The lowest BCUT2D eigenvalue weighted by Gasteiger charge is -2.26. The van der Waals surface area contributed by atoms with Crippen LogP contribution in [0.25, 0.3) is 10.9 Å². The number of carbonyl (C=O) groups is 1. The third-order valence-electron chi connectivity index (χ3n) is 5.58. The van der Waals surface area contributed by atoms with Crippen molar-refractivity contribution in [2.45, 2.75) is 37.5 Å². The first kappa shape index (κ1) is 16.7. The predicted octanol–water partition coefficient (Wildman–Crippen LogP) is 1.31. The Morgan fingerprint density at radius 3 is 2.81 bits per heavy atom. The normalized spacial score (nSPS) is 25.1. The molecule has 2 aromatic rings. The van der Waals surface area contributed by atoms with Crippen LogP contribution in [0, 0.1) is 0 Å². The lowest BCUT2D eigenvalue weighted by atomic mass is 10.1. The number of rotatable bonds is 3. The molecule has 27 heavy (non-hydrogen) atoms. The number of nitrogens with one attached hydrogen (secondary N) is 2. The Bertz CT molecular complexity index is 854. The number of piperidine rings is 1. The second-order valence-corrected chi connectivity index (χ2v) is 7.41. The molecular formula is C19H23N5O3. The van der Waals surface area contributed by atoms with E-state index in [2.05, 4.69) is 20.6 Å². The van der Waals surface area contributed by atoms with E-state index in [4.69, 9.17) is 9.47 Å². The molecule has 142 valence electrons. The van der Waals surface area contributed by atoms with E-state index in [0.29, 0.717) is 23.5 Å². The molecule has 8 heteroatoms. The van der Waals surface area contributed by atoms with Gasteiger partial charge in [-0.25, -0.2) is 4.79 Å². The van der Waals surface area contributed by atoms with Crippen LogP contribution >= 0.6 is 0 Å². The smallest absolute Gasteiger partial charge is 0.416 e. The third kappa shape index (κ3) is 3.30. The first-order valence-electron chi connectivity index (χ1n) is 9.62. The minimum Gasteiger partial charge on any atom is -0.460 e. The molecule has 3 fully saturated rings. The molecular weight excluding hydrogens is 346 g/mol. The molecule has 0 spiro atoms.